The van der Waals surface area contributed by atoms with Gasteiger partial charge in [-0.05, 0) is 53.3 Å². The molecule has 0 spiro atoms. The summed E-state index contributed by atoms with van der Waals surface area (Å²) in [5.41, 5.74) is 4.30. The Morgan fingerprint density at radius 2 is 1.95 bits per heavy atom. The summed E-state index contributed by atoms with van der Waals surface area (Å²) in [5, 5.41) is 20.6. The number of rotatable bonds is 3. The Hall–Kier alpha value is -3.27. The number of hydrogen-bond acceptors (Lipinski definition) is 7. The summed E-state index contributed by atoms with van der Waals surface area (Å²) in [4.78, 5) is 28.0. The van der Waals surface area contributed by atoms with E-state index < -0.39 is 22.8 Å². The van der Waals surface area contributed by atoms with Crippen molar-refractivity contribution in [2.24, 2.45) is 0 Å². The lowest BCUT2D eigenvalue weighted by Crippen LogP contribution is -2.44. The standard InChI is InChI=1S/C28H27FN2O6/c1-3-28(35)19-8-22-23-14(10-31(22)25(33)17(19)12-36-26(28)34)6-15-16-11-30(4-5-32)13-37-24(16)21(29)7-18(15)27(2)9-20(23)27/h6-8,32,35H,3-5,9-13H2,1-2H3/t27?,28-/m0/s1. The van der Waals surface area contributed by atoms with Gasteiger partial charge in [0.2, 0.25) is 0 Å². The molecule has 1 aromatic carbocycles. The lowest BCUT2D eigenvalue weighted by atomic mass is 9.85. The predicted molar refractivity (Wildman–Crippen MR) is 131 cm³/mol. The van der Waals surface area contributed by atoms with Crippen molar-refractivity contribution in [3.63, 3.8) is 0 Å². The molecule has 192 valence electrons. The van der Waals surface area contributed by atoms with Crippen molar-refractivity contribution in [1.82, 2.24) is 9.47 Å². The number of allylic oxidation sites excluding steroid dienone is 3. The third kappa shape index (κ3) is 2.87. The zero-order chi connectivity index (χ0) is 25.9. The molecule has 2 atom stereocenters. The molecule has 0 saturated heterocycles. The van der Waals surface area contributed by atoms with Gasteiger partial charge in [0, 0.05) is 35.2 Å². The molecule has 4 heterocycles. The lowest BCUT2D eigenvalue weighted by molar-refractivity contribution is -0.172. The number of benzene rings is 1. The SMILES string of the molecule is CC[C@@]1(O)C(=O)OCc2c1cc1n(c2=O)CC2=Cc3c(cc(F)c4c3CN(CCO)CO4)C3(C)CC3=C21. The Labute approximate surface area is 212 Å². The number of hydrogen-bond donors (Lipinski definition) is 2. The van der Waals surface area contributed by atoms with Gasteiger partial charge in [0.25, 0.3) is 5.56 Å². The highest BCUT2D eigenvalue weighted by atomic mass is 19.1. The largest absolute Gasteiger partial charge is 0.475 e. The van der Waals surface area contributed by atoms with Crippen molar-refractivity contribution in [2.75, 3.05) is 19.9 Å². The van der Waals surface area contributed by atoms with E-state index in [2.05, 4.69) is 6.92 Å². The van der Waals surface area contributed by atoms with Gasteiger partial charge in [-0.15, -0.1) is 0 Å². The Balaban J connectivity index is 1.44. The first-order chi connectivity index (χ1) is 17.7. The number of carbonyl (C=O) groups is 1. The van der Waals surface area contributed by atoms with E-state index >= 15 is 4.39 Å². The van der Waals surface area contributed by atoms with Crippen LogP contribution in [0.4, 0.5) is 4.39 Å². The molecule has 5 aliphatic rings. The van der Waals surface area contributed by atoms with Crippen LogP contribution in [0, 0.1) is 5.82 Å². The second kappa shape index (κ2) is 7.40. The predicted octanol–water partition coefficient (Wildman–Crippen LogP) is 2.31. The van der Waals surface area contributed by atoms with Crippen molar-refractivity contribution in [3.05, 3.63) is 73.0 Å². The van der Waals surface area contributed by atoms with Crippen LogP contribution in [0.1, 0.15) is 60.2 Å². The first-order valence-corrected chi connectivity index (χ1v) is 12.6. The van der Waals surface area contributed by atoms with Gasteiger partial charge in [0.1, 0.15) is 13.3 Å². The van der Waals surface area contributed by atoms with Gasteiger partial charge in [-0.25, -0.2) is 9.18 Å². The quantitative estimate of drug-likeness (QED) is 0.617. The van der Waals surface area contributed by atoms with Gasteiger partial charge in [-0.3, -0.25) is 9.69 Å². The van der Waals surface area contributed by atoms with Gasteiger partial charge in [-0.1, -0.05) is 13.8 Å². The number of β-amino-alcohol motifs (C(OH)–C–C–N with tert-alkyl or cyclic N) is 1. The summed E-state index contributed by atoms with van der Waals surface area (Å²) in [6.45, 7) is 5.00. The normalized spacial score (nSPS) is 27.1. The van der Waals surface area contributed by atoms with E-state index in [4.69, 9.17) is 9.47 Å². The molecule has 3 aliphatic heterocycles. The molecule has 37 heavy (non-hydrogen) atoms. The highest BCUT2D eigenvalue weighted by Crippen LogP contribution is 2.62. The third-order valence-electron chi connectivity index (χ3n) is 8.80. The molecule has 7 rings (SSSR count). The lowest BCUT2D eigenvalue weighted by Gasteiger charge is -2.31. The van der Waals surface area contributed by atoms with Crippen molar-refractivity contribution in [2.45, 2.75) is 57.4 Å². The van der Waals surface area contributed by atoms with Crippen molar-refractivity contribution in [1.29, 1.82) is 0 Å². The molecule has 8 nitrogen and oxygen atoms in total. The Morgan fingerprint density at radius 3 is 2.70 bits per heavy atom. The minimum atomic E-state index is -1.86. The second-order valence-corrected chi connectivity index (χ2v) is 10.8. The maximum atomic E-state index is 15.3. The summed E-state index contributed by atoms with van der Waals surface area (Å²) >= 11 is 0. The van der Waals surface area contributed by atoms with Gasteiger partial charge >= 0.3 is 5.97 Å². The number of cyclic esters (lactones) is 1. The zero-order valence-electron chi connectivity index (χ0n) is 20.7. The third-order valence-corrected chi connectivity index (χ3v) is 8.80. The van der Waals surface area contributed by atoms with Gasteiger partial charge in [0.15, 0.2) is 17.2 Å². The molecule has 2 aliphatic carbocycles. The van der Waals surface area contributed by atoms with E-state index in [0.717, 1.165) is 39.8 Å². The summed E-state index contributed by atoms with van der Waals surface area (Å²) < 4.78 is 27.9. The molecule has 0 radical (unpaired) electrons. The maximum Gasteiger partial charge on any atom is 0.343 e. The van der Waals surface area contributed by atoms with Crippen LogP contribution in [-0.2, 0) is 40.2 Å². The van der Waals surface area contributed by atoms with Crippen LogP contribution in [0.2, 0.25) is 0 Å². The highest BCUT2D eigenvalue weighted by Gasteiger charge is 2.53. The summed E-state index contributed by atoms with van der Waals surface area (Å²) in [5.74, 6) is -0.888. The molecule has 2 N–H and O–H groups in total. The second-order valence-electron chi connectivity index (χ2n) is 10.8. The number of esters is 1. The molecule has 0 amide bonds. The minimum Gasteiger partial charge on any atom is -0.475 e. The fraction of sp³-hybridized carbons (Fsp3) is 0.429. The van der Waals surface area contributed by atoms with E-state index in [1.165, 1.54) is 0 Å². The molecule has 1 saturated carbocycles. The number of carbonyl (C=O) groups excluding carboxylic acids is 1. The molecular formula is C28H27FN2O6. The fourth-order valence-electron chi connectivity index (χ4n) is 6.59. The number of aliphatic hydroxyl groups excluding tert-OH is 1. The number of aromatic nitrogens is 1. The average molecular weight is 507 g/mol. The Kier molecular flexibility index (Phi) is 4.58. The van der Waals surface area contributed by atoms with Gasteiger partial charge in [-0.2, -0.15) is 0 Å². The maximum absolute atomic E-state index is 15.3. The van der Waals surface area contributed by atoms with Crippen LogP contribution >= 0.6 is 0 Å². The average Bonchev–Trinajstić information content (AvgIpc) is 3.45. The molecular weight excluding hydrogens is 479 g/mol. The molecule has 9 heteroatoms. The molecule has 1 aromatic heterocycles. The number of ether oxygens (including phenoxy) is 2. The number of aliphatic hydroxyl groups is 2. The first kappa shape index (κ1) is 22.9. The molecule has 1 fully saturated rings. The molecule has 2 aromatic rings. The van der Waals surface area contributed by atoms with Crippen LogP contribution in [0.15, 0.2) is 28.1 Å². The van der Waals surface area contributed by atoms with E-state index in [9.17, 15) is 19.8 Å². The van der Waals surface area contributed by atoms with Crippen molar-refractivity contribution in [3.8, 4) is 5.75 Å². The first-order valence-electron chi connectivity index (χ1n) is 12.6. The summed E-state index contributed by atoms with van der Waals surface area (Å²) in [6.07, 6.45) is 2.85. The number of nitrogens with zero attached hydrogens (tertiary/aromatic N) is 2. The van der Waals surface area contributed by atoms with Gasteiger partial charge in [0.05, 0.1) is 24.4 Å². The summed E-state index contributed by atoms with van der Waals surface area (Å²) in [7, 11) is 0. The van der Waals surface area contributed by atoms with Crippen LogP contribution in [0.3, 0.4) is 0 Å². The van der Waals surface area contributed by atoms with Crippen LogP contribution in [0.25, 0.3) is 11.6 Å². The minimum absolute atomic E-state index is 0.0237. The Bertz CT molecular complexity index is 1550. The van der Waals surface area contributed by atoms with Crippen LogP contribution < -0.4 is 10.3 Å². The van der Waals surface area contributed by atoms with Crippen LogP contribution in [0.5, 0.6) is 5.75 Å². The van der Waals surface area contributed by atoms with Gasteiger partial charge < -0.3 is 24.3 Å². The fourth-order valence-corrected chi connectivity index (χ4v) is 6.59. The number of pyridine rings is 1. The van der Waals surface area contributed by atoms with E-state index in [0.29, 0.717) is 36.5 Å². The number of fused-ring (bicyclic) bond motifs is 9. The van der Waals surface area contributed by atoms with E-state index in [1.807, 2.05) is 11.0 Å². The zero-order valence-corrected chi connectivity index (χ0v) is 20.7. The van der Waals surface area contributed by atoms with Crippen LogP contribution in [-0.4, -0.2) is 45.5 Å². The number of halogens is 1. The van der Waals surface area contributed by atoms with Crippen molar-refractivity contribution >= 4 is 17.6 Å². The van der Waals surface area contributed by atoms with E-state index in [-0.39, 0.29) is 37.7 Å². The smallest absolute Gasteiger partial charge is 0.343 e. The van der Waals surface area contributed by atoms with E-state index in [1.54, 1.807) is 23.6 Å². The monoisotopic (exact) mass is 506 g/mol. The van der Waals surface area contributed by atoms with Crippen molar-refractivity contribution < 1.29 is 28.9 Å². The molecule has 0 bridgehead atoms. The molecule has 1 unspecified atom stereocenters. The highest BCUT2D eigenvalue weighted by molar-refractivity contribution is 5.95. The Morgan fingerprint density at radius 1 is 1.14 bits per heavy atom. The summed E-state index contributed by atoms with van der Waals surface area (Å²) in [6, 6.07) is 3.36. The topological polar surface area (TPSA) is 101 Å².